The molecular weight excluding hydrogens is 315 g/mol. The van der Waals surface area contributed by atoms with Gasteiger partial charge in [0.2, 0.25) is 0 Å². The Morgan fingerprint density at radius 3 is 2.28 bits per heavy atom. The minimum Gasteiger partial charge on any atom is -0.497 e. The molecule has 3 aromatic rings. The standard InChI is InChI=1S/C22H20FO2/c1-24-19-13-10-17(11-14-19)12-15-22(23)18-6-5-9-21(16-18)25-20-7-3-2-4-8-20/h2-14,16,22H,15H2,1H3. The van der Waals surface area contributed by atoms with Crippen molar-refractivity contribution in [2.24, 2.45) is 0 Å². The van der Waals surface area contributed by atoms with Crippen molar-refractivity contribution in [3.8, 4) is 17.2 Å². The molecule has 0 aliphatic rings. The Kier molecular flexibility index (Phi) is 5.68. The largest absolute Gasteiger partial charge is 0.497 e. The van der Waals surface area contributed by atoms with Crippen molar-refractivity contribution in [1.29, 1.82) is 0 Å². The number of halogens is 1. The molecule has 3 aromatic carbocycles. The van der Waals surface area contributed by atoms with E-state index >= 15 is 0 Å². The molecule has 1 atom stereocenters. The monoisotopic (exact) mass is 335 g/mol. The third-order valence-corrected chi connectivity index (χ3v) is 3.87. The van der Waals surface area contributed by atoms with Crippen molar-refractivity contribution < 1.29 is 13.9 Å². The fourth-order valence-electron chi connectivity index (χ4n) is 2.51. The number of methoxy groups -OCH3 is 1. The molecule has 0 saturated carbocycles. The zero-order valence-corrected chi connectivity index (χ0v) is 14.1. The number of rotatable bonds is 7. The predicted molar refractivity (Wildman–Crippen MR) is 97.8 cm³/mol. The van der Waals surface area contributed by atoms with Gasteiger partial charge in [0.05, 0.1) is 7.11 Å². The molecule has 0 spiro atoms. The van der Waals surface area contributed by atoms with E-state index < -0.39 is 6.17 Å². The molecule has 1 unspecified atom stereocenters. The Bertz CT molecular complexity index is 785. The lowest BCUT2D eigenvalue weighted by Crippen LogP contribution is -1.95. The van der Waals surface area contributed by atoms with E-state index in [0.29, 0.717) is 17.7 Å². The van der Waals surface area contributed by atoms with Crippen LogP contribution in [0.2, 0.25) is 0 Å². The van der Waals surface area contributed by atoms with Gasteiger partial charge in [0.25, 0.3) is 0 Å². The molecule has 1 radical (unpaired) electrons. The predicted octanol–water partition coefficient (Wildman–Crippen LogP) is 6.14. The first-order valence-corrected chi connectivity index (χ1v) is 8.19. The van der Waals surface area contributed by atoms with Gasteiger partial charge < -0.3 is 9.47 Å². The lowest BCUT2D eigenvalue weighted by atomic mass is 10.0. The van der Waals surface area contributed by atoms with Crippen molar-refractivity contribution >= 4 is 0 Å². The second kappa shape index (κ2) is 8.34. The smallest absolute Gasteiger partial charge is 0.127 e. The van der Waals surface area contributed by atoms with Crippen LogP contribution in [0.5, 0.6) is 17.2 Å². The van der Waals surface area contributed by atoms with E-state index in [0.717, 1.165) is 17.1 Å². The zero-order valence-electron chi connectivity index (χ0n) is 14.1. The lowest BCUT2D eigenvalue weighted by molar-refractivity contribution is 0.340. The fraction of sp³-hybridized carbons (Fsp3) is 0.136. The lowest BCUT2D eigenvalue weighted by Gasteiger charge is -2.11. The van der Waals surface area contributed by atoms with Crippen molar-refractivity contribution in [2.45, 2.75) is 12.6 Å². The summed E-state index contributed by atoms with van der Waals surface area (Å²) in [7, 11) is 1.63. The second-order valence-corrected chi connectivity index (χ2v) is 5.67. The first-order chi connectivity index (χ1) is 12.2. The first-order valence-electron chi connectivity index (χ1n) is 8.19. The average molecular weight is 335 g/mol. The number of para-hydroxylation sites is 1. The van der Waals surface area contributed by atoms with Crippen LogP contribution in [0.1, 0.15) is 23.7 Å². The van der Waals surface area contributed by atoms with Gasteiger partial charge in [0, 0.05) is 0 Å². The van der Waals surface area contributed by atoms with Crippen LogP contribution in [0.3, 0.4) is 0 Å². The number of hydrogen-bond acceptors (Lipinski definition) is 2. The maximum absolute atomic E-state index is 14.6. The number of hydrogen-bond donors (Lipinski definition) is 0. The van der Waals surface area contributed by atoms with Crippen molar-refractivity contribution in [3.63, 3.8) is 0 Å². The molecule has 0 amide bonds. The van der Waals surface area contributed by atoms with Crippen LogP contribution >= 0.6 is 0 Å². The number of alkyl halides is 1. The molecule has 0 aliphatic carbocycles. The second-order valence-electron chi connectivity index (χ2n) is 5.67. The molecule has 0 heterocycles. The molecule has 3 rings (SSSR count). The molecule has 0 bridgehead atoms. The van der Waals surface area contributed by atoms with E-state index in [2.05, 4.69) is 0 Å². The van der Waals surface area contributed by atoms with Crippen LogP contribution in [0.25, 0.3) is 0 Å². The summed E-state index contributed by atoms with van der Waals surface area (Å²) < 4.78 is 25.5. The highest BCUT2D eigenvalue weighted by atomic mass is 19.1. The van der Waals surface area contributed by atoms with Crippen molar-refractivity contribution in [1.82, 2.24) is 0 Å². The topological polar surface area (TPSA) is 18.5 Å². The van der Waals surface area contributed by atoms with Gasteiger partial charge in [-0.1, -0.05) is 42.5 Å². The summed E-state index contributed by atoms with van der Waals surface area (Å²) in [4.78, 5) is 0. The van der Waals surface area contributed by atoms with E-state index in [1.807, 2.05) is 73.2 Å². The molecule has 0 fully saturated rings. The molecule has 0 aromatic heterocycles. The van der Waals surface area contributed by atoms with Gasteiger partial charge in [0.15, 0.2) is 0 Å². The third kappa shape index (κ3) is 4.83. The normalized spacial score (nSPS) is 11.8. The fourth-order valence-corrected chi connectivity index (χ4v) is 2.51. The summed E-state index contributed by atoms with van der Waals surface area (Å²) in [5.41, 5.74) is 1.58. The van der Waals surface area contributed by atoms with E-state index in [9.17, 15) is 4.39 Å². The van der Waals surface area contributed by atoms with Gasteiger partial charge in [-0.2, -0.15) is 0 Å². The number of ether oxygens (including phenoxy) is 2. The van der Waals surface area contributed by atoms with Gasteiger partial charge in [0.1, 0.15) is 23.4 Å². The third-order valence-electron chi connectivity index (χ3n) is 3.87. The van der Waals surface area contributed by atoms with Crippen LogP contribution in [-0.4, -0.2) is 7.11 Å². The quantitative estimate of drug-likeness (QED) is 0.516. The van der Waals surface area contributed by atoms with E-state index in [1.165, 1.54) is 0 Å². The molecule has 0 N–H and O–H groups in total. The molecule has 2 nitrogen and oxygen atoms in total. The average Bonchev–Trinajstić information content (AvgIpc) is 2.67. The zero-order chi connectivity index (χ0) is 17.5. The van der Waals surface area contributed by atoms with Gasteiger partial charge in [-0.05, 0) is 60.4 Å². The van der Waals surface area contributed by atoms with Crippen LogP contribution in [-0.2, 0) is 0 Å². The van der Waals surface area contributed by atoms with Crippen LogP contribution < -0.4 is 9.47 Å². The van der Waals surface area contributed by atoms with Crippen molar-refractivity contribution in [2.75, 3.05) is 7.11 Å². The summed E-state index contributed by atoms with van der Waals surface area (Å²) >= 11 is 0. The van der Waals surface area contributed by atoms with E-state index in [-0.39, 0.29) is 0 Å². The molecule has 127 valence electrons. The van der Waals surface area contributed by atoms with E-state index in [1.54, 1.807) is 19.2 Å². The highest BCUT2D eigenvalue weighted by molar-refractivity contribution is 5.36. The van der Waals surface area contributed by atoms with Crippen LogP contribution in [0, 0.1) is 6.42 Å². The molecule has 3 heteroatoms. The first kappa shape index (κ1) is 17.0. The van der Waals surface area contributed by atoms with Crippen molar-refractivity contribution in [3.05, 3.63) is 96.4 Å². The van der Waals surface area contributed by atoms with Crippen LogP contribution in [0.15, 0.2) is 78.9 Å². The Balaban J connectivity index is 1.61. The maximum atomic E-state index is 14.6. The number of benzene rings is 3. The van der Waals surface area contributed by atoms with Gasteiger partial charge in [-0.3, -0.25) is 0 Å². The summed E-state index contributed by atoms with van der Waals surface area (Å²) in [5, 5.41) is 0. The summed E-state index contributed by atoms with van der Waals surface area (Å²) in [6, 6.07) is 24.2. The minimum absolute atomic E-state index is 0.307. The Labute approximate surface area is 147 Å². The molecule has 0 aliphatic heterocycles. The highest BCUT2D eigenvalue weighted by Gasteiger charge is 2.11. The Hall–Kier alpha value is -2.81. The minimum atomic E-state index is -1.08. The molecule has 25 heavy (non-hydrogen) atoms. The Morgan fingerprint density at radius 2 is 1.56 bits per heavy atom. The Morgan fingerprint density at radius 1 is 0.840 bits per heavy atom. The SMILES string of the molecule is COc1ccc([CH]CC(F)c2cccc(Oc3ccccc3)c2)cc1. The van der Waals surface area contributed by atoms with E-state index in [4.69, 9.17) is 9.47 Å². The summed E-state index contributed by atoms with van der Waals surface area (Å²) in [5.74, 6) is 2.16. The summed E-state index contributed by atoms with van der Waals surface area (Å²) in [6.45, 7) is 0. The maximum Gasteiger partial charge on any atom is 0.127 e. The van der Waals surface area contributed by atoms with Gasteiger partial charge in [-0.15, -0.1) is 0 Å². The highest BCUT2D eigenvalue weighted by Crippen LogP contribution is 2.29. The van der Waals surface area contributed by atoms with Gasteiger partial charge in [-0.25, -0.2) is 4.39 Å². The molecule has 0 saturated heterocycles. The summed E-state index contributed by atoms with van der Waals surface area (Å²) in [6.07, 6.45) is 1.11. The van der Waals surface area contributed by atoms with Crippen LogP contribution in [0.4, 0.5) is 4.39 Å². The van der Waals surface area contributed by atoms with Gasteiger partial charge >= 0.3 is 0 Å². The molecular formula is C22H20FO2.